The Labute approximate surface area is 172 Å². The molecule has 1 N–H and O–H groups in total. The average molecular weight is 445 g/mol. The number of hydrogen-bond acceptors (Lipinski definition) is 4. The zero-order valence-electron chi connectivity index (χ0n) is 15.7. The molecule has 0 atom stereocenters. The van der Waals surface area contributed by atoms with Crippen molar-refractivity contribution in [3.8, 4) is 17.1 Å². The van der Waals surface area contributed by atoms with Crippen LogP contribution in [-0.4, -0.2) is 28.2 Å². The summed E-state index contributed by atoms with van der Waals surface area (Å²) >= 11 is 8.82. The van der Waals surface area contributed by atoms with E-state index in [9.17, 15) is 0 Å². The molecular weight excluding hydrogens is 424 g/mol. The largest absolute Gasteiger partial charge is 0.496 e. The van der Waals surface area contributed by atoms with Gasteiger partial charge in [-0.25, -0.2) is 5.10 Å². The summed E-state index contributed by atoms with van der Waals surface area (Å²) in [6, 6.07) is 14.1. The molecule has 27 heavy (non-hydrogen) atoms. The summed E-state index contributed by atoms with van der Waals surface area (Å²) in [4.78, 5) is 0. The van der Waals surface area contributed by atoms with Crippen LogP contribution < -0.4 is 4.74 Å². The van der Waals surface area contributed by atoms with Crippen molar-refractivity contribution in [1.82, 2.24) is 14.9 Å². The highest BCUT2D eigenvalue weighted by Gasteiger charge is 2.14. The van der Waals surface area contributed by atoms with Gasteiger partial charge in [0, 0.05) is 5.56 Å². The van der Waals surface area contributed by atoms with E-state index in [2.05, 4.69) is 64.1 Å². The van der Waals surface area contributed by atoms with Gasteiger partial charge >= 0.3 is 0 Å². The molecule has 0 unspecified atom stereocenters. The summed E-state index contributed by atoms with van der Waals surface area (Å²) in [7, 11) is 1.63. The number of H-pyrrole nitrogens is 1. The lowest BCUT2D eigenvalue weighted by Crippen LogP contribution is -2.10. The Kier molecular flexibility index (Phi) is 5.62. The molecule has 5 nitrogen and oxygen atoms in total. The highest BCUT2D eigenvalue weighted by molar-refractivity contribution is 9.10. The van der Waals surface area contributed by atoms with Crippen molar-refractivity contribution in [3.63, 3.8) is 0 Å². The second kappa shape index (κ2) is 7.78. The van der Waals surface area contributed by atoms with Crippen LogP contribution in [-0.2, 0) is 5.41 Å². The third kappa shape index (κ3) is 4.36. The third-order valence-electron chi connectivity index (χ3n) is 4.16. The number of aromatic amines is 1. The predicted molar refractivity (Wildman–Crippen MR) is 115 cm³/mol. The number of benzene rings is 2. The second-order valence-electron chi connectivity index (χ2n) is 7.13. The van der Waals surface area contributed by atoms with Crippen LogP contribution in [0, 0.1) is 4.77 Å². The Morgan fingerprint density at radius 1 is 1.19 bits per heavy atom. The highest BCUT2D eigenvalue weighted by atomic mass is 79.9. The van der Waals surface area contributed by atoms with Crippen LogP contribution in [0.15, 0.2) is 52.0 Å². The van der Waals surface area contributed by atoms with Gasteiger partial charge in [-0.05, 0) is 62.9 Å². The highest BCUT2D eigenvalue weighted by Crippen LogP contribution is 2.26. The van der Waals surface area contributed by atoms with E-state index in [1.54, 1.807) is 18.0 Å². The van der Waals surface area contributed by atoms with Crippen LogP contribution in [0.4, 0.5) is 0 Å². The van der Waals surface area contributed by atoms with Crippen LogP contribution in [0.1, 0.15) is 31.9 Å². The maximum absolute atomic E-state index is 5.34. The number of halogens is 1. The van der Waals surface area contributed by atoms with E-state index in [-0.39, 0.29) is 5.41 Å². The van der Waals surface area contributed by atoms with Crippen molar-refractivity contribution in [2.75, 3.05) is 7.11 Å². The molecule has 2 aromatic carbocycles. The standard InChI is InChI=1S/C20H21BrN4OS/c1-20(2,3)15-8-6-14(7-9-15)18-23-24-19(27)25(18)22-12-13-5-10-17(26-4)16(21)11-13/h5-12H,1-4H3,(H,24,27). The van der Waals surface area contributed by atoms with E-state index in [1.807, 2.05) is 30.3 Å². The molecule has 0 saturated heterocycles. The summed E-state index contributed by atoms with van der Waals surface area (Å²) in [5, 5.41) is 11.7. The van der Waals surface area contributed by atoms with Gasteiger partial charge in [-0.15, -0.1) is 0 Å². The van der Waals surface area contributed by atoms with Crippen LogP contribution in [0.25, 0.3) is 11.4 Å². The summed E-state index contributed by atoms with van der Waals surface area (Å²) in [6.45, 7) is 6.57. The Hall–Kier alpha value is -2.25. The minimum Gasteiger partial charge on any atom is -0.496 e. The van der Waals surface area contributed by atoms with Crippen LogP contribution >= 0.6 is 28.1 Å². The maximum atomic E-state index is 5.34. The first-order valence-corrected chi connectivity index (χ1v) is 9.66. The topological polar surface area (TPSA) is 55.2 Å². The van der Waals surface area contributed by atoms with E-state index >= 15 is 0 Å². The minimum atomic E-state index is 0.100. The number of nitrogens with one attached hydrogen (secondary N) is 1. The van der Waals surface area contributed by atoms with Gasteiger partial charge in [-0.3, -0.25) is 0 Å². The molecule has 0 spiro atoms. The first kappa shape index (κ1) is 19.5. The molecule has 0 bridgehead atoms. The molecule has 0 aliphatic heterocycles. The van der Waals surface area contributed by atoms with Gasteiger partial charge in [0.25, 0.3) is 0 Å². The molecule has 3 rings (SSSR count). The summed E-state index contributed by atoms with van der Waals surface area (Å²) in [5.74, 6) is 1.44. The maximum Gasteiger partial charge on any atom is 0.216 e. The fourth-order valence-corrected chi connectivity index (χ4v) is 3.33. The lowest BCUT2D eigenvalue weighted by molar-refractivity contribution is 0.412. The number of ether oxygens (including phenoxy) is 1. The lowest BCUT2D eigenvalue weighted by atomic mass is 9.87. The SMILES string of the molecule is COc1ccc(C=Nn2c(-c3ccc(C(C)(C)C)cc3)n[nH]c2=S)cc1Br. The van der Waals surface area contributed by atoms with Crippen molar-refractivity contribution in [1.29, 1.82) is 0 Å². The zero-order valence-corrected chi connectivity index (χ0v) is 18.1. The van der Waals surface area contributed by atoms with E-state index in [1.165, 1.54) is 5.56 Å². The van der Waals surface area contributed by atoms with E-state index in [0.717, 1.165) is 21.3 Å². The first-order valence-electron chi connectivity index (χ1n) is 8.46. The monoisotopic (exact) mass is 444 g/mol. The number of hydrogen-bond donors (Lipinski definition) is 1. The molecule has 0 aliphatic rings. The minimum absolute atomic E-state index is 0.100. The Morgan fingerprint density at radius 3 is 2.48 bits per heavy atom. The molecule has 1 aromatic heterocycles. The lowest BCUT2D eigenvalue weighted by Gasteiger charge is -2.18. The number of methoxy groups -OCH3 is 1. The van der Waals surface area contributed by atoms with Crippen molar-refractivity contribution in [3.05, 3.63) is 62.8 Å². The van der Waals surface area contributed by atoms with Gasteiger partial charge in [0.15, 0.2) is 5.82 Å². The second-order valence-corrected chi connectivity index (χ2v) is 8.37. The number of rotatable bonds is 4. The molecule has 0 saturated carbocycles. The third-order valence-corrected chi connectivity index (χ3v) is 5.04. The number of nitrogens with zero attached hydrogens (tertiary/aromatic N) is 3. The van der Waals surface area contributed by atoms with Gasteiger partial charge in [0.05, 0.1) is 17.8 Å². The first-order chi connectivity index (χ1) is 12.8. The Morgan fingerprint density at radius 2 is 1.89 bits per heavy atom. The Balaban J connectivity index is 1.93. The van der Waals surface area contributed by atoms with Gasteiger partial charge in [0.2, 0.25) is 4.77 Å². The molecule has 0 aliphatic carbocycles. The summed E-state index contributed by atoms with van der Waals surface area (Å²) in [5.41, 5.74) is 3.23. The summed E-state index contributed by atoms with van der Waals surface area (Å²) < 4.78 is 8.18. The van der Waals surface area contributed by atoms with Crippen LogP contribution in [0.2, 0.25) is 0 Å². The van der Waals surface area contributed by atoms with E-state index in [0.29, 0.717) is 10.6 Å². The molecule has 3 aromatic rings. The molecule has 0 amide bonds. The zero-order chi connectivity index (χ0) is 19.6. The smallest absolute Gasteiger partial charge is 0.216 e. The number of aromatic nitrogens is 3. The molecule has 0 radical (unpaired) electrons. The molecule has 7 heteroatoms. The van der Waals surface area contributed by atoms with E-state index < -0.39 is 0 Å². The molecule has 1 heterocycles. The van der Waals surface area contributed by atoms with Gasteiger partial charge in [-0.1, -0.05) is 45.0 Å². The molecule has 0 fully saturated rings. The van der Waals surface area contributed by atoms with Crippen LogP contribution in [0.3, 0.4) is 0 Å². The van der Waals surface area contributed by atoms with Gasteiger partial charge in [-0.2, -0.15) is 14.9 Å². The molecule has 140 valence electrons. The fraction of sp³-hybridized carbons (Fsp3) is 0.250. The predicted octanol–water partition coefficient (Wildman–Crippen LogP) is 5.56. The average Bonchev–Trinajstić information content (AvgIpc) is 3.00. The van der Waals surface area contributed by atoms with Crippen molar-refractivity contribution >= 4 is 34.4 Å². The van der Waals surface area contributed by atoms with Gasteiger partial charge < -0.3 is 4.74 Å². The Bertz CT molecular complexity index is 1030. The van der Waals surface area contributed by atoms with Crippen molar-refractivity contribution in [2.24, 2.45) is 5.10 Å². The fourth-order valence-electron chi connectivity index (χ4n) is 2.59. The normalized spacial score (nSPS) is 11.9. The summed E-state index contributed by atoms with van der Waals surface area (Å²) in [6.07, 6.45) is 1.74. The van der Waals surface area contributed by atoms with Crippen molar-refractivity contribution < 1.29 is 4.74 Å². The van der Waals surface area contributed by atoms with E-state index in [4.69, 9.17) is 17.0 Å². The quantitative estimate of drug-likeness (QED) is 0.423. The van der Waals surface area contributed by atoms with Crippen LogP contribution in [0.5, 0.6) is 5.75 Å². The van der Waals surface area contributed by atoms with Gasteiger partial charge in [0.1, 0.15) is 5.75 Å². The van der Waals surface area contributed by atoms with Crippen molar-refractivity contribution in [2.45, 2.75) is 26.2 Å². The molecular formula is C20H21BrN4OS.